The Hall–Kier alpha value is -0.460. The highest BCUT2D eigenvalue weighted by molar-refractivity contribution is 7.99. The molecule has 1 rings (SSSR count). The van der Waals surface area contributed by atoms with Crippen molar-refractivity contribution in [3.63, 3.8) is 0 Å². The summed E-state index contributed by atoms with van der Waals surface area (Å²) in [5.41, 5.74) is 0. The van der Waals surface area contributed by atoms with E-state index >= 15 is 0 Å². The van der Waals surface area contributed by atoms with Gasteiger partial charge in [-0.05, 0) is 19.6 Å². The first-order valence-electron chi connectivity index (χ1n) is 5.20. The van der Waals surface area contributed by atoms with Gasteiger partial charge in [0.05, 0.1) is 0 Å². The highest BCUT2D eigenvalue weighted by Crippen LogP contribution is 2.22. The Labute approximate surface area is 105 Å². The van der Waals surface area contributed by atoms with Gasteiger partial charge in [-0.25, -0.2) is 9.97 Å². The quantitative estimate of drug-likeness (QED) is 0.338. The molecule has 0 aromatic carbocycles. The molecule has 2 N–H and O–H groups in total. The lowest BCUT2D eigenvalue weighted by Gasteiger charge is -2.06. The van der Waals surface area contributed by atoms with E-state index in [-0.39, 0.29) is 6.61 Å². The molecule has 0 aliphatic heterocycles. The molecule has 0 unspecified atom stereocenters. The molecule has 1 aromatic rings. The third-order valence-electron chi connectivity index (χ3n) is 1.77. The summed E-state index contributed by atoms with van der Waals surface area (Å²) in [6.45, 7) is 3.12. The van der Waals surface area contributed by atoms with E-state index in [9.17, 15) is 0 Å². The predicted octanol–water partition coefficient (Wildman–Crippen LogP) is 2.10. The molecule has 0 amide bonds. The fourth-order valence-electron chi connectivity index (χ4n) is 1.08. The number of thioether (sulfide) groups is 2. The minimum Gasteiger partial charge on any atom is -0.396 e. The maximum atomic E-state index is 8.72. The van der Waals surface area contributed by atoms with Gasteiger partial charge in [-0.2, -0.15) is 0 Å². The topological polar surface area (TPSA) is 58.0 Å². The molecule has 1 heterocycles. The molecule has 0 saturated carbocycles. The molecule has 0 spiro atoms. The fraction of sp³-hybridized carbons (Fsp3) is 0.600. The van der Waals surface area contributed by atoms with Crippen molar-refractivity contribution in [1.29, 1.82) is 0 Å². The minimum absolute atomic E-state index is 0.230. The average Bonchev–Trinajstić information content (AvgIpc) is 2.29. The fourth-order valence-corrected chi connectivity index (χ4v) is 2.35. The molecular formula is C10H17N3OS2. The Kier molecular flexibility index (Phi) is 6.59. The van der Waals surface area contributed by atoms with Crippen molar-refractivity contribution in [2.45, 2.75) is 23.5 Å². The zero-order valence-corrected chi connectivity index (χ0v) is 11.2. The van der Waals surface area contributed by atoms with Crippen molar-refractivity contribution in [1.82, 2.24) is 9.97 Å². The van der Waals surface area contributed by atoms with Crippen LogP contribution in [0.15, 0.2) is 16.2 Å². The number of aromatic nitrogens is 2. The molecular weight excluding hydrogens is 242 g/mol. The van der Waals surface area contributed by atoms with E-state index in [0.717, 1.165) is 34.7 Å². The summed E-state index contributed by atoms with van der Waals surface area (Å²) >= 11 is 3.19. The molecule has 0 radical (unpaired) electrons. The lowest BCUT2D eigenvalue weighted by molar-refractivity contribution is 0.296. The molecule has 1 aromatic heterocycles. The largest absolute Gasteiger partial charge is 0.396 e. The smallest absolute Gasteiger partial charge is 0.190 e. The van der Waals surface area contributed by atoms with E-state index in [1.807, 2.05) is 19.2 Å². The molecule has 0 saturated heterocycles. The summed E-state index contributed by atoms with van der Waals surface area (Å²) in [4.78, 5) is 8.75. The SMILES string of the molecule is CCNc1cc(SCCCO)nc(SC)n1. The van der Waals surface area contributed by atoms with Crippen molar-refractivity contribution in [3.8, 4) is 0 Å². The number of hydrogen-bond acceptors (Lipinski definition) is 6. The third-order valence-corrected chi connectivity index (χ3v) is 3.32. The molecule has 90 valence electrons. The highest BCUT2D eigenvalue weighted by atomic mass is 32.2. The maximum absolute atomic E-state index is 8.72. The standard InChI is InChI=1S/C10H17N3OS2/c1-3-11-8-7-9(16-6-4-5-14)13-10(12-8)15-2/h7,14H,3-6H2,1-2H3,(H,11,12,13). The number of rotatable bonds is 7. The van der Waals surface area contributed by atoms with Crippen molar-refractivity contribution in [2.24, 2.45) is 0 Å². The van der Waals surface area contributed by atoms with Gasteiger partial charge in [0.25, 0.3) is 0 Å². The second kappa shape index (κ2) is 7.76. The van der Waals surface area contributed by atoms with Crippen LogP contribution in [0.25, 0.3) is 0 Å². The van der Waals surface area contributed by atoms with Crippen LogP contribution in [0.4, 0.5) is 5.82 Å². The van der Waals surface area contributed by atoms with Crippen molar-refractivity contribution < 1.29 is 5.11 Å². The molecule has 4 nitrogen and oxygen atoms in total. The monoisotopic (exact) mass is 259 g/mol. The average molecular weight is 259 g/mol. The van der Waals surface area contributed by atoms with Gasteiger partial charge in [-0.1, -0.05) is 11.8 Å². The summed E-state index contributed by atoms with van der Waals surface area (Å²) in [5.74, 6) is 1.75. The number of anilines is 1. The van der Waals surface area contributed by atoms with Crippen molar-refractivity contribution >= 4 is 29.3 Å². The Balaban J connectivity index is 2.69. The summed E-state index contributed by atoms with van der Waals surface area (Å²) < 4.78 is 0. The molecule has 0 bridgehead atoms. The van der Waals surface area contributed by atoms with E-state index in [0.29, 0.717) is 0 Å². The molecule has 6 heteroatoms. The van der Waals surface area contributed by atoms with Crippen LogP contribution in [-0.4, -0.2) is 40.2 Å². The first-order chi connectivity index (χ1) is 7.80. The lowest BCUT2D eigenvalue weighted by atomic mass is 10.5. The first-order valence-corrected chi connectivity index (χ1v) is 7.41. The van der Waals surface area contributed by atoms with Gasteiger partial charge in [-0.15, -0.1) is 11.8 Å². The highest BCUT2D eigenvalue weighted by Gasteiger charge is 2.03. The van der Waals surface area contributed by atoms with Crippen LogP contribution in [0.5, 0.6) is 0 Å². The van der Waals surface area contributed by atoms with Crippen LogP contribution in [0.1, 0.15) is 13.3 Å². The lowest BCUT2D eigenvalue weighted by Crippen LogP contribution is -2.01. The van der Waals surface area contributed by atoms with Crippen LogP contribution >= 0.6 is 23.5 Å². The zero-order chi connectivity index (χ0) is 11.8. The van der Waals surface area contributed by atoms with Gasteiger partial charge in [0.2, 0.25) is 0 Å². The van der Waals surface area contributed by atoms with Gasteiger partial charge in [0.1, 0.15) is 10.8 Å². The van der Waals surface area contributed by atoms with Gasteiger partial charge in [-0.3, -0.25) is 0 Å². The Bertz CT molecular complexity index is 323. The van der Waals surface area contributed by atoms with Crippen LogP contribution in [0.2, 0.25) is 0 Å². The summed E-state index contributed by atoms with van der Waals surface area (Å²) in [6, 6.07) is 1.95. The second-order valence-corrected chi connectivity index (χ2v) is 4.92. The van der Waals surface area contributed by atoms with Crippen LogP contribution in [-0.2, 0) is 0 Å². The number of nitrogens with one attached hydrogen (secondary N) is 1. The maximum Gasteiger partial charge on any atom is 0.190 e. The van der Waals surface area contributed by atoms with E-state index in [1.165, 1.54) is 11.8 Å². The van der Waals surface area contributed by atoms with Crippen LogP contribution in [0.3, 0.4) is 0 Å². The zero-order valence-electron chi connectivity index (χ0n) is 9.56. The third kappa shape index (κ3) is 4.59. The Morgan fingerprint density at radius 1 is 1.44 bits per heavy atom. The van der Waals surface area contributed by atoms with Gasteiger partial charge < -0.3 is 10.4 Å². The number of aliphatic hydroxyl groups is 1. The molecule has 0 aliphatic carbocycles. The summed E-state index contributed by atoms with van der Waals surface area (Å²) in [5, 5.41) is 13.7. The van der Waals surface area contributed by atoms with Crippen LogP contribution < -0.4 is 5.32 Å². The van der Waals surface area contributed by atoms with E-state index < -0.39 is 0 Å². The Morgan fingerprint density at radius 3 is 2.88 bits per heavy atom. The van der Waals surface area contributed by atoms with Crippen LogP contribution in [0, 0.1) is 0 Å². The Morgan fingerprint density at radius 2 is 2.25 bits per heavy atom. The minimum atomic E-state index is 0.230. The normalized spacial score (nSPS) is 10.4. The van der Waals surface area contributed by atoms with Gasteiger partial charge >= 0.3 is 0 Å². The van der Waals surface area contributed by atoms with E-state index in [1.54, 1.807) is 11.8 Å². The molecule has 16 heavy (non-hydrogen) atoms. The van der Waals surface area contributed by atoms with Gasteiger partial charge in [0.15, 0.2) is 5.16 Å². The number of hydrogen-bond donors (Lipinski definition) is 2. The number of aliphatic hydroxyl groups excluding tert-OH is 1. The summed E-state index contributed by atoms with van der Waals surface area (Å²) in [6.07, 6.45) is 2.76. The molecule has 0 fully saturated rings. The predicted molar refractivity (Wildman–Crippen MR) is 70.4 cm³/mol. The summed E-state index contributed by atoms with van der Waals surface area (Å²) in [7, 11) is 0. The van der Waals surface area contributed by atoms with Gasteiger partial charge in [0, 0.05) is 25.0 Å². The molecule has 0 aliphatic rings. The van der Waals surface area contributed by atoms with E-state index in [4.69, 9.17) is 5.11 Å². The second-order valence-electron chi connectivity index (χ2n) is 3.03. The van der Waals surface area contributed by atoms with Crippen molar-refractivity contribution in [2.75, 3.05) is 30.5 Å². The first kappa shape index (κ1) is 13.6. The molecule has 0 atom stereocenters. The van der Waals surface area contributed by atoms with E-state index in [2.05, 4.69) is 15.3 Å². The van der Waals surface area contributed by atoms with Crippen molar-refractivity contribution in [3.05, 3.63) is 6.07 Å². The number of nitrogens with zero attached hydrogens (tertiary/aromatic N) is 2.